The number of allylic oxidation sites excluding steroid dienone is 1. The van der Waals surface area contributed by atoms with E-state index in [1.807, 2.05) is 18.2 Å². The van der Waals surface area contributed by atoms with Gasteiger partial charge in [-0.25, -0.2) is 5.43 Å². The van der Waals surface area contributed by atoms with Crippen LogP contribution in [0.4, 0.5) is 0 Å². The Morgan fingerprint density at radius 2 is 1.96 bits per heavy atom. The summed E-state index contributed by atoms with van der Waals surface area (Å²) in [5, 5.41) is 13.4. The number of amides is 1. The van der Waals surface area contributed by atoms with Crippen LogP contribution in [0.1, 0.15) is 11.1 Å². The molecule has 0 atom stereocenters. The zero-order valence-electron chi connectivity index (χ0n) is 12.6. The van der Waals surface area contributed by atoms with Crippen LogP contribution in [0, 0.1) is 0 Å². The predicted molar refractivity (Wildman–Crippen MR) is 89.7 cm³/mol. The summed E-state index contributed by atoms with van der Waals surface area (Å²) in [6, 6.07) is 14.2. The van der Waals surface area contributed by atoms with Gasteiger partial charge in [0, 0.05) is 5.56 Å². The van der Waals surface area contributed by atoms with Crippen LogP contribution < -0.4 is 10.2 Å². The molecule has 118 valence electrons. The smallest absolute Gasteiger partial charge is 0.277 e. The number of phenols is 1. The molecule has 2 aromatic rings. The van der Waals surface area contributed by atoms with Crippen molar-refractivity contribution in [1.29, 1.82) is 0 Å². The number of rotatable bonds is 7. The zero-order chi connectivity index (χ0) is 16.5. The van der Waals surface area contributed by atoms with E-state index in [1.165, 1.54) is 6.21 Å². The maximum atomic E-state index is 11.7. The Morgan fingerprint density at radius 1 is 1.22 bits per heavy atom. The third-order valence-corrected chi connectivity index (χ3v) is 3.03. The highest BCUT2D eigenvalue weighted by molar-refractivity contribution is 5.85. The molecule has 0 saturated heterocycles. The van der Waals surface area contributed by atoms with Crippen LogP contribution in [0.2, 0.25) is 0 Å². The summed E-state index contributed by atoms with van der Waals surface area (Å²) in [7, 11) is 0. The first kappa shape index (κ1) is 16.3. The number of aromatic hydroxyl groups is 1. The van der Waals surface area contributed by atoms with E-state index in [2.05, 4.69) is 17.1 Å². The second-order valence-electron chi connectivity index (χ2n) is 4.74. The maximum absolute atomic E-state index is 11.7. The van der Waals surface area contributed by atoms with Crippen molar-refractivity contribution in [3.05, 3.63) is 72.3 Å². The van der Waals surface area contributed by atoms with Crippen molar-refractivity contribution < 1.29 is 14.6 Å². The van der Waals surface area contributed by atoms with Crippen molar-refractivity contribution >= 4 is 12.1 Å². The number of nitrogens with zero attached hydrogens (tertiary/aromatic N) is 1. The molecule has 0 saturated carbocycles. The Bertz CT molecular complexity index is 711. The average molecular weight is 310 g/mol. The summed E-state index contributed by atoms with van der Waals surface area (Å²) >= 11 is 0. The number of para-hydroxylation sites is 2. The lowest BCUT2D eigenvalue weighted by molar-refractivity contribution is -0.123. The van der Waals surface area contributed by atoms with Gasteiger partial charge in [-0.15, -0.1) is 6.58 Å². The van der Waals surface area contributed by atoms with Crippen LogP contribution in [0.5, 0.6) is 11.5 Å². The van der Waals surface area contributed by atoms with Crippen molar-refractivity contribution in [1.82, 2.24) is 5.43 Å². The summed E-state index contributed by atoms with van der Waals surface area (Å²) in [5.74, 6) is 0.359. The monoisotopic (exact) mass is 310 g/mol. The van der Waals surface area contributed by atoms with Gasteiger partial charge in [0.2, 0.25) is 0 Å². The van der Waals surface area contributed by atoms with Gasteiger partial charge >= 0.3 is 0 Å². The zero-order valence-corrected chi connectivity index (χ0v) is 12.6. The Morgan fingerprint density at radius 3 is 2.74 bits per heavy atom. The number of benzene rings is 2. The second-order valence-corrected chi connectivity index (χ2v) is 4.74. The van der Waals surface area contributed by atoms with Crippen LogP contribution in [-0.2, 0) is 11.2 Å². The van der Waals surface area contributed by atoms with Gasteiger partial charge in [0.15, 0.2) is 6.61 Å². The number of hydrogen-bond acceptors (Lipinski definition) is 4. The largest absolute Gasteiger partial charge is 0.507 e. The third-order valence-electron chi connectivity index (χ3n) is 3.03. The number of hydrazone groups is 1. The Balaban J connectivity index is 1.86. The molecular weight excluding hydrogens is 292 g/mol. The first-order valence-electron chi connectivity index (χ1n) is 7.12. The molecule has 1 amide bonds. The lowest BCUT2D eigenvalue weighted by Crippen LogP contribution is -2.24. The molecule has 0 spiro atoms. The Kier molecular flexibility index (Phi) is 5.94. The van der Waals surface area contributed by atoms with E-state index >= 15 is 0 Å². The maximum Gasteiger partial charge on any atom is 0.277 e. The number of carbonyl (C=O) groups is 1. The number of nitrogens with one attached hydrogen (secondary N) is 1. The highest BCUT2D eigenvalue weighted by Crippen LogP contribution is 2.18. The second kappa shape index (κ2) is 8.38. The molecule has 2 aromatic carbocycles. The van der Waals surface area contributed by atoms with E-state index in [9.17, 15) is 9.90 Å². The summed E-state index contributed by atoms with van der Waals surface area (Å²) in [6.07, 6.45) is 3.82. The minimum Gasteiger partial charge on any atom is -0.507 e. The van der Waals surface area contributed by atoms with Crippen LogP contribution in [0.15, 0.2) is 66.3 Å². The average Bonchev–Trinajstić information content (AvgIpc) is 2.56. The Labute approximate surface area is 134 Å². The fourth-order valence-corrected chi connectivity index (χ4v) is 1.91. The standard InChI is InChI=1S/C18H18N2O3/c1-2-7-14-8-4-6-11-17(14)23-13-18(22)20-19-12-15-9-3-5-10-16(15)21/h2-6,8-12,21H,1,7,13H2,(H,20,22)/b19-12-. The van der Waals surface area contributed by atoms with E-state index < -0.39 is 0 Å². The first-order valence-corrected chi connectivity index (χ1v) is 7.12. The Hall–Kier alpha value is -3.08. The fourth-order valence-electron chi connectivity index (χ4n) is 1.91. The molecule has 5 nitrogen and oxygen atoms in total. The van der Waals surface area contributed by atoms with Crippen LogP contribution in [0.3, 0.4) is 0 Å². The van der Waals surface area contributed by atoms with Gasteiger partial charge in [0.25, 0.3) is 5.91 Å². The van der Waals surface area contributed by atoms with Gasteiger partial charge in [-0.05, 0) is 30.2 Å². The van der Waals surface area contributed by atoms with Crippen LogP contribution >= 0.6 is 0 Å². The minimum atomic E-state index is -0.384. The van der Waals surface area contributed by atoms with Crippen LogP contribution in [0.25, 0.3) is 0 Å². The molecule has 2 rings (SSSR count). The molecule has 0 aliphatic rings. The molecule has 0 unspecified atom stereocenters. The molecule has 0 aromatic heterocycles. The van der Waals surface area contributed by atoms with Gasteiger partial charge in [-0.2, -0.15) is 5.10 Å². The third kappa shape index (κ3) is 5.00. The summed E-state index contributed by atoms with van der Waals surface area (Å²) in [4.78, 5) is 11.7. The number of hydrogen-bond donors (Lipinski definition) is 2. The van der Waals surface area contributed by atoms with E-state index in [-0.39, 0.29) is 18.3 Å². The molecule has 0 fully saturated rings. The molecule has 2 N–H and O–H groups in total. The van der Waals surface area contributed by atoms with E-state index in [0.29, 0.717) is 17.7 Å². The number of carbonyl (C=O) groups excluding carboxylic acids is 1. The molecule has 0 radical (unpaired) electrons. The SMILES string of the molecule is C=CCc1ccccc1OCC(=O)N/N=C\c1ccccc1O. The quantitative estimate of drug-likeness (QED) is 0.469. The van der Waals surface area contributed by atoms with Crippen molar-refractivity contribution in [2.75, 3.05) is 6.61 Å². The van der Waals surface area contributed by atoms with Crippen molar-refractivity contribution in [2.45, 2.75) is 6.42 Å². The lowest BCUT2D eigenvalue weighted by Gasteiger charge is -2.09. The van der Waals surface area contributed by atoms with E-state index in [0.717, 1.165) is 5.56 Å². The molecule has 0 aliphatic heterocycles. The van der Waals surface area contributed by atoms with Gasteiger partial charge in [-0.1, -0.05) is 36.4 Å². The number of ether oxygens (including phenoxy) is 1. The predicted octanol–water partition coefficient (Wildman–Crippen LogP) is 2.65. The van der Waals surface area contributed by atoms with Crippen molar-refractivity contribution in [3.63, 3.8) is 0 Å². The van der Waals surface area contributed by atoms with Gasteiger partial charge < -0.3 is 9.84 Å². The summed E-state index contributed by atoms with van der Waals surface area (Å²) in [5.41, 5.74) is 3.84. The summed E-state index contributed by atoms with van der Waals surface area (Å²) in [6.45, 7) is 3.55. The van der Waals surface area contributed by atoms with E-state index in [4.69, 9.17) is 4.74 Å². The molecule has 23 heavy (non-hydrogen) atoms. The lowest BCUT2D eigenvalue weighted by atomic mass is 10.1. The molecule has 0 bridgehead atoms. The first-order chi connectivity index (χ1) is 11.2. The normalized spacial score (nSPS) is 10.4. The van der Waals surface area contributed by atoms with Gasteiger partial charge in [-0.3, -0.25) is 4.79 Å². The van der Waals surface area contributed by atoms with Crippen molar-refractivity contribution in [3.8, 4) is 11.5 Å². The molecule has 0 heterocycles. The fraction of sp³-hybridized carbons (Fsp3) is 0.111. The highest BCUT2D eigenvalue weighted by Gasteiger charge is 2.05. The summed E-state index contributed by atoms with van der Waals surface area (Å²) < 4.78 is 5.49. The molecule has 0 aliphatic carbocycles. The van der Waals surface area contributed by atoms with Gasteiger partial charge in [0.1, 0.15) is 11.5 Å². The topological polar surface area (TPSA) is 70.9 Å². The molecular formula is C18H18N2O3. The highest BCUT2D eigenvalue weighted by atomic mass is 16.5. The molecule has 5 heteroatoms. The van der Waals surface area contributed by atoms with Gasteiger partial charge in [0.05, 0.1) is 6.21 Å². The number of phenolic OH excluding ortho intramolecular Hbond substituents is 1. The minimum absolute atomic E-state index is 0.0973. The van der Waals surface area contributed by atoms with Crippen molar-refractivity contribution in [2.24, 2.45) is 5.10 Å². The van der Waals surface area contributed by atoms with Crippen LogP contribution in [-0.4, -0.2) is 23.8 Å². The van der Waals surface area contributed by atoms with E-state index in [1.54, 1.807) is 36.4 Å².